The molecule has 0 unspecified atom stereocenters. The Balaban J connectivity index is 1.75. The first-order chi connectivity index (χ1) is 16.8. The first kappa shape index (κ1) is 27.1. The maximum absolute atomic E-state index is 12.9. The topological polar surface area (TPSA) is 79.3 Å². The summed E-state index contributed by atoms with van der Waals surface area (Å²) in [7, 11) is 0. The summed E-state index contributed by atoms with van der Waals surface area (Å²) in [5.74, 6) is -0.0923. The number of aromatic nitrogens is 2. The highest BCUT2D eigenvalue weighted by atomic mass is 35.5. The summed E-state index contributed by atoms with van der Waals surface area (Å²) in [6.45, 7) is 7.55. The summed E-state index contributed by atoms with van der Waals surface area (Å²) in [4.78, 5) is 26.8. The van der Waals surface area contributed by atoms with E-state index in [-0.39, 0.29) is 24.2 Å². The van der Waals surface area contributed by atoms with E-state index in [1.807, 2.05) is 20.8 Å². The van der Waals surface area contributed by atoms with Crippen LogP contribution in [-0.4, -0.2) is 39.7 Å². The molecular weight excluding hydrogens is 495 g/mol. The number of amides is 3. The van der Waals surface area contributed by atoms with Crippen LogP contribution in [0.4, 0.5) is 29.5 Å². The molecule has 0 atom stereocenters. The highest BCUT2D eigenvalue weighted by Crippen LogP contribution is 2.30. The van der Waals surface area contributed by atoms with Gasteiger partial charge in [-0.25, -0.2) is 9.48 Å². The number of urea groups is 1. The number of nitrogens with one attached hydrogen (secondary N) is 2. The molecule has 0 fully saturated rings. The van der Waals surface area contributed by atoms with Gasteiger partial charge in [0.2, 0.25) is 5.91 Å². The number of alkyl halides is 3. The number of carbonyl (C=O) groups excluding carboxylic acids is 2. The lowest BCUT2D eigenvalue weighted by atomic mass is 9.92. The largest absolute Gasteiger partial charge is 0.416 e. The van der Waals surface area contributed by atoms with Crippen LogP contribution in [0.2, 0.25) is 5.02 Å². The molecular formula is C25H27ClF3N5O2. The Morgan fingerprint density at radius 3 is 2.22 bits per heavy atom. The summed E-state index contributed by atoms with van der Waals surface area (Å²) in [5.41, 5.74) is 0.362. The molecule has 7 nitrogen and oxygen atoms in total. The number of likely N-dealkylation sites (N-methyl/N-ethyl adjacent to an activating group) is 1. The molecule has 0 saturated heterocycles. The molecule has 0 radical (unpaired) electrons. The number of halogens is 4. The normalized spacial score (nSPS) is 11.8. The molecule has 3 aromatic rings. The van der Waals surface area contributed by atoms with Crippen LogP contribution in [0.5, 0.6) is 0 Å². The van der Waals surface area contributed by atoms with Crippen LogP contribution in [0.15, 0.2) is 54.6 Å². The molecule has 11 heteroatoms. The van der Waals surface area contributed by atoms with E-state index >= 15 is 0 Å². The number of rotatable bonds is 6. The molecule has 0 aliphatic carbocycles. The maximum atomic E-state index is 12.9. The average molecular weight is 522 g/mol. The van der Waals surface area contributed by atoms with Crippen LogP contribution in [0.1, 0.15) is 39.0 Å². The van der Waals surface area contributed by atoms with E-state index in [2.05, 4.69) is 15.7 Å². The minimum Gasteiger partial charge on any atom is -0.315 e. The summed E-state index contributed by atoms with van der Waals surface area (Å²) in [6, 6.07) is 12.3. The van der Waals surface area contributed by atoms with Crippen LogP contribution in [0.3, 0.4) is 0 Å². The molecule has 3 amide bonds. The van der Waals surface area contributed by atoms with Gasteiger partial charge in [-0.2, -0.15) is 18.3 Å². The van der Waals surface area contributed by atoms with Crippen molar-refractivity contribution in [2.24, 2.45) is 0 Å². The lowest BCUT2D eigenvalue weighted by Gasteiger charge is -2.21. The second-order valence-corrected chi connectivity index (χ2v) is 9.50. The van der Waals surface area contributed by atoms with E-state index in [9.17, 15) is 22.8 Å². The second-order valence-electron chi connectivity index (χ2n) is 9.10. The lowest BCUT2D eigenvalue weighted by Crippen LogP contribution is -2.40. The van der Waals surface area contributed by atoms with Crippen LogP contribution >= 0.6 is 11.6 Å². The Kier molecular flexibility index (Phi) is 7.98. The van der Waals surface area contributed by atoms with Crippen molar-refractivity contribution < 1.29 is 22.8 Å². The Hall–Kier alpha value is -3.53. The van der Waals surface area contributed by atoms with E-state index in [1.165, 1.54) is 4.90 Å². The molecule has 36 heavy (non-hydrogen) atoms. The minimum atomic E-state index is -4.47. The van der Waals surface area contributed by atoms with Gasteiger partial charge in [0.25, 0.3) is 0 Å². The molecule has 2 N–H and O–H groups in total. The molecule has 3 rings (SSSR count). The van der Waals surface area contributed by atoms with Gasteiger partial charge in [-0.15, -0.1) is 0 Å². The van der Waals surface area contributed by atoms with Gasteiger partial charge in [0, 0.05) is 23.7 Å². The fraction of sp³-hybridized carbons (Fsp3) is 0.320. The zero-order valence-electron chi connectivity index (χ0n) is 20.3. The van der Waals surface area contributed by atoms with Gasteiger partial charge in [0.15, 0.2) is 0 Å². The van der Waals surface area contributed by atoms with E-state index < -0.39 is 23.7 Å². The Morgan fingerprint density at radius 1 is 1.03 bits per heavy atom. The summed E-state index contributed by atoms with van der Waals surface area (Å²) in [6.07, 6.45) is -4.47. The molecule has 1 heterocycles. The quantitative estimate of drug-likeness (QED) is 0.397. The fourth-order valence-electron chi connectivity index (χ4n) is 3.27. The molecule has 192 valence electrons. The molecule has 0 aliphatic heterocycles. The average Bonchev–Trinajstić information content (AvgIpc) is 3.21. The van der Waals surface area contributed by atoms with Crippen molar-refractivity contribution in [1.29, 1.82) is 0 Å². The number of nitrogens with zero attached hydrogens (tertiary/aromatic N) is 3. The standard InChI is InChI=1S/C25H27ClF3N5O2/c1-5-33(23(36)30-17-12-10-16(11-13-17)25(27,28)29)15-22(35)31-21-14-20(24(2,3)4)32-34(21)19-9-7-6-8-18(19)26/h6-14H,5,15H2,1-4H3,(H,30,36)(H,31,35). The van der Waals surface area contributed by atoms with Crippen molar-refractivity contribution in [3.63, 3.8) is 0 Å². The molecule has 0 aliphatic rings. The van der Waals surface area contributed by atoms with Crippen molar-refractivity contribution in [3.05, 3.63) is 70.9 Å². The Morgan fingerprint density at radius 2 is 1.67 bits per heavy atom. The monoisotopic (exact) mass is 521 g/mol. The van der Waals surface area contributed by atoms with Crippen molar-refractivity contribution in [3.8, 4) is 5.69 Å². The zero-order valence-corrected chi connectivity index (χ0v) is 21.0. The number of hydrogen-bond acceptors (Lipinski definition) is 3. The summed E-state index contributed by atoms with van der Waals surface area (Å²) < 4.78 is 39.8. The highest BCUT2D eigenvalue weighted by Gasteiger charge is 2.30. The SMILES string of the molecule is CCN(CC(=O)Nc1cc(C(C)(C)C)nn1-c1ccccc1Cl)C(=O)Nc1ccc(C(F)(F)F)cc1. The van der Waals surface area contributed by atoms with Crippen LogP contribution in [0.25, 0.3) is 5.69 Å². The zero-order chi connectivity index (χ0) is 26.7. The maximum Gasteiger partial charge on any atom is 0.416 e. The molecule has 1 aromatic heterocycles. The van der Waals surface area contributed by atoms with E-state index in [0.29, 0.717) is 16.5 Å². The van der Waals surface area contributed by atoms with Gasteiger partial charge < -0.3 is 15.5 Å². The van der Waals surface area contributed by atoms with Gasteiger partial charge >= 0.3 is 12.2 Å². The second kappa shape index (κ2) is 10.6. The van der Waals surface area contributed by atoms with Gasteiger partial charge in [-0.05, 0) is 43.3 Å². The smallest absolute Gasteiger partial charge is 0.315 e. The van der Waals surface area contributed by atoms with Gasteiger partial charge in [-0.3, -0.25) is 4.79 Å². The van der Waals surface area contributed by atoms with Crippen molar-refractivity contribution >= 4 is 35.0 Å². The van der Waals surface area contributed by atoms with Crippen molar-refractivity contribution in [2.45, 2.75) is 39.3 Å². The number of carbonyl (C=O) groups is 2. The predicted octanol–water partition coefficient (Wildman–Crippen LogP) is 6.33. The fourth-order valence-corrected chi connectivity index (χ4v) is 3.49. The third-order valence-corrected chi connectivity index (χ3v) is 5.61. The van der Waals surface area contributed by atoms with Gasteiger partial charge in [0.1, 0.15) is 12.4 Å². The molecule has 0 bridgehead atoms. The molecule has 0 spiro atoms. The van der Waals surface area contributed by atoms with E-state index in [4.69, 9.17) is 11.6 Å². The number of hydrogen-bond donors (Lipinski definition) is 2. The Labute approximate surface area is 212 Å². The molecule has 2 aromatic carbocycles. The van der Waals surface area contributed by atoms with Gasteiger partial charge in [0.05, 0.1) is 22.0 Å². The third kappa shape index (κ3) is 6.57. The van der Waals surface area contributed by atoms with Crippen molar-refractivity contribution in [1.82, 2.24) is 14.7 Å². The Bertz CT molecular complexity index is 1230. The van der Waals surface area contributed by atoms with Gasteiger partial charge in [-0.1, -0.05) is 44.5 Å². The number of anilines is 2. The van der Waals surface area contributed by atoms with Crippen molar-refractivity contribution in [2.75, 3.05) is 23.7 Å². The van der Waals surface area contributed by atoms with Crippen LogP contribution in [0, 0.1) is 0 Å². The van der Waals surface area contributed by atoms with Crippen LogP contribution in [-0.2, 0) is 16.4 Å². The molecule has 0 saturated carbocycles. The third-order valence-electron chi connectivity index (χ3n) is 5.29. The van der Waals surface area contributed by atoms with Crippen LogP contribution < -0.4 is 10.6 Å². The predicted molar refractivity (Wildman–Crippen MR) is 134 cm³/mol. The van der Waals surface area contributed by atoms with E-state index in [1.54, 1.807) is 41.9 Å². The minimum absolute atomic E-state index is 0.179. The summed E-state index contributed by atoms with van der Waals surface area (Å²) in [5, 5.41) is 10.4. The lowest BCUT2D eigenvalue weighted by molar-refractivity contribution is -0.137. The van der Waals surface area contributed by atoms with E-state index in [0.717, 1.165) is 30.0 Å². The highest BCUT2D eigenvalue weighted by molar-refractivity contribution is 6.32. The number of benzene rings is 2. The number of para-hydroxylation sites is 1. The first-order valence-electron chi connectivity index (χ1n) is 11.2. The summed E-state index contributed by atoms with van der Waals surface area (Å²) >= 11 is 6.35. The first-order valence-corrected chi connectivity index (χ1v) is 11.6.